The molecule has 0 saturated carbocycles. The van der Waals surface area contributed by atoms with Crippen LogP contribution in [0.1, 0.15) is 13.3 Å². The van der Waals surface area contributed by atoms with Crippen molar-refractivity contribution in [2.45, 2.75) is 18.9 Å². The van der Waals surface area contributed by atoms with E-state index in [1.807, 2.05) is 6.92 Å². The fraction of sp³-hybridized carbons (Fsp3) is 0.417. The number of nitrogens with one attached hydrogen (secondary N) is 1. The molecule has 1 saturated heterocycles. The van der Waals surface area contributed by atoms with Crippen molar-refractivity contribution in [1.29, 1.82) is 0 Å². The molecule has 3 N–H and O–H groups in total. The Morgan fingerprint density at radius 3 is 2.76 bits per heavy atom. The number of hydrogen-bond acceptors (Lipinski definition) is 2. The van der Waals surface area contributed by atoms with Gasteiger partial charge in [0.2, 0.25) is 0 Å². The Kier molecular flexibility index (Phi) is 3.02. The van der Waals surface area contributed by atoms with Gasteiger partial charge in [-0.15, -0.1) is 0 Å². The molecule has 17 heavy (non-hydrogen) atoms. The first-order valence-electron chi connectivity index (χ1n) is 5.63. The molecule has 5 heteroatoms. The smallest absolute Gasteiger partial charge is 0.322 e. The molecule has 2 rings (SSSR count). The number of nitrogens with two attached hydrogens (primary N) is 1. The van der Waals surface area contributed by atoms with Crippen LogP contribution >= 0.6 is 0 Å². The van der Waals surface area contributed by atoms with E-state index in [2.05, 4.69) is 5.32 Å². The van der Waals surface area contributed by atoms with Crippen molar-refractivity contribution in [2.24, 2.45) is 5.73 Å². The highest BCUT2D eigenvalue weighted by Crippen LogP contribution is 2.22. The number of halogens is 1. The van der Waals surface area contributed by atoms with Crippen molar-refractivity contribution in [3.63, 3.8) is 0 Å². The number of carbonyl (C=O) groups is 1. The minimum Gasteiger partial charge on any atom is -0.322 e. The molecule has 4 nitrogen and oxygen atoms in total. The van der Waals surface area contributed by atoms with Crippen LogP contribution in [0.25, 0.3) is 0 Å². The van der Waals surface area contributed by atoms with E-state index >= 15 is 0 Å². The third kappa shape index (κ3) is 2.39. The van der Waals surface area contributed by atoms with E-state index in [1.165, 1.54) is 12.1 Å². The number of carbonyl (C=O) groups excluding carboxylic acids is 1. The largest absolute Gasteiger partial charge is 0.322 e. The summed E-state index contributed by atoms with van der Waals surface area (Å²) in [5.41, 5.74) is 5.88. The van der Waals surface area contributed by atoms with Gasteiger partial charge in [-0.2, -0.15) is 0 Å². The first kappa shape index (κ1) is 11.9. The molecule has 0 aliphatic carbocycles. The summed E-state index contributed by atoms with van der Waals surface area (Å²) >= 11 is 0. The molecule has 0 atom stereocenters. The zero-order valence-electron chi connectivity index (χ0n) is 9.74. The maximum absolute atomic E-state index is 13.3. The Hall–Kier alpha value is -1.62. The highest BCUT2D eigenvalue weighted by Gasteiger charge is 2.40. The van der Waals surface area contributed by atoms with Gasteiger partial charge in [0.05, 0.1) is 11.2 Å². The first-order valence-corrected chi connectivity index (χ1v) is 5.63. The fourth-order valence-electron chi connectivity index (χ4n) is 1.84. The SMILES string of the molecule is CCC1(N)CN(C(=O)Nc2ccccc2F)C1. The summed E-state index contributed by atoms with van der Waals surface area (Å²) in [5, 5.41) is 2.53. The van der Waals surface area contributed by atoms with Gasteiger partial charge < -0.3 is 16.0 Å². The Bertz CT molecular complexity index is 430. The normalized spacial score (nSPS) is 17.5. The molecule has 1 fully saturated rings. The second-order valence-corrected chi connectivity index (χ2v) is 4.48. The van der Waals surface area contributed by atoms with Crippen molar-refractivity contribution in [3.05, 3.63) is 30.1 Å². The molecule has 0 unspecified atom stereocenters. The van der Waals surface area contributed by atoms with Gasteiger partial charge in [0.1, 0.15) is 5.82 Å². The Morgan fingerprint density at radius 1 is 1.53 bits per heavy atom. The van der Waals surface area contributed by atoms with E-state index in [9.17, 15) is 9.18 Å². The van der Waals surface area contributed by atoms with E-state index in [0.717, 1.165) is 6.42 Å². The van der Waals surface area contributed by atoms with Crippen LogP contribution in [-0.4, -0.2) is 29.6 Å². The third-order valence-corrected chi connectivity index (χ3v) is 3.12. The number of nitrogens with zero attached hydrogens (tertiary/aromatic N) is 1. The van der Waals surface area contributed by atoms with Crippen LogP contribution in [0.5, 0.6) is 0 Å². The first-order chi connectivity index (χ1) is 8.04. The van der Waals surface area contributed by atoms with Crippen molar-refractivity contribution in [3.8, 4) is 0 Å². The Morgan fingerprint density at radius 2 is 2.18 bits per heavy atom. The van der Waals surface area contributed by atoms with Gasteiger partial charge in [-0.1, -0.05) is 19.1 Å². The molecule has 92 valence electrons. The van der Waals surface area contributed by atoms with Gasteiger partial charge in [0, 0.05) is 13.1 Å². The summed E-state index contributed by atoms with van der Waals surface area (Å²) < 4.78 is 13.3. The summed E-state index contributed by atoms with van der Waals surface area (Å²) in [7, 11) is 0. The highest BCUT2D eigenvalue weighted by molar-refractivity contribution is 5.90. The number of para-hydroxylation sites is 1. The molecule has 1 aromatic rings. The van der Waals surface area contributed by atoms with E-state index in [0.29, 0.717) is 13.1 Å². The van der Waals surface area contributed by atoms with Crippen LogP contribution in [0, 0.1) is 5.82 Å². The van der Waals surface area contributed by atoms with Crippen LogP contribution in [0.2, 0.25) is 0 Å². The fourth-order valence-corrected chi connectivity index (χ4v) is 1.84. The third-order valence-electron chi connectivity index (χ3n) is 3.12. The number of rotatable bonds is 2. The van der Waals surface area contributed by atoms with E-state index in [1.54, 1.807) is 17.0 Å². The van der Waals surface area contributed by atoms with Crippen LogP contribution in [-0.2, 0) is 0 Å². The van der Waals surface area contributed by atoms with Gasteiger partial charge in [-0.05, 0) is 18.6 Å². The van der Waals surface area contributed by atoms with Gasteiger partial charge in [-0.3, -0.25) is 0 Å². The maximum Gasteiger partial charge on any atom is 0.322 e. The molecule has 2 amide bonds. The van der Waals surface area contributed by atoms with E-state index < -0.39 is 5.82 Å². The molecule has 1 aliphatic rings. The second-order valence-electron chi connectivity index (χ2n) is 4.48. The zero-order valence-corrected chi connectivity index (χ0v) is 9.74. The Balaban J connectivity index is 1.94. The van der Waals surface area contributed by atoms with Gasteiger partial charge in [0.25, 0.3) is 0 Å². The van der Waals surface area contributed by atoms with Gasteiger partial charge >= 0.3 is 6.03 Å². The minimum atomic E-state index is -0.434. The monoisotopic (exact) mass is 237 g/mol. The lowest BCUT2D eigenvalue weighted by Gasteiger charge is -2.47. The molecule has 0 spiro atoms. The van der Waals surface area contributed by atoms with Crippen LogP contribution < -0.4 is 11.1 Å². The summed E-state index contributed by atoms with van der Waals surface area (Å²) in [5.74, 6) is -0.434. The number of hydrogen-bond donors (Lipinski definition) is 2. The van der Waals surface area contributed by atoms with E-state index in [4.69, 9.17) is 5.73 Å². The summed E-state index contributed by atoms with van der Waals surface area (Å²) in [6.45, 7) is 3.03. The zero-order chi connectivity index (χ0) is 12.5. The van der Waals surface area contributed by atoms with Crippen LogP contribution in [0.3, 0.4) is 0 Å². The molecule has 0 aromatic heterocycles. The number of likely N-dealkylation sites (tertiary alicyclic amines) is 1. The highest BCUT2D eigenvalue weighted by atomic mass is 19.1. The molecular weight excluding hydrogens is 221 g/mol. The lowest BCUT2D eigenvalue weighted by atomic mass is 9.89. The predicted octanol–water partition coefficient (Wildman–Crippen LogP) is 1.78. The molecule has 0 bridgehead atoms. The number of benzene rings is 1. The predicted molar refractivity (Wildman–Crippen MR) is 64.2 cm³/mol. The maximum atomic E-state index is 13.3. The number of amides is 2. The topological polar surface area (TPSA) is 58.4 Å². The van der Waals surface area contributed by atoms with Crippen LogP contribution in [0.15, 0.2) is 24.3 Å². The van der Waals surface area contributed by atoms with Crippen molar-refractivity contribution in [1.82, 2.24) is 4.90 Å². The molecule has 1 aromatic carbocycles. The average Bonchev–Trinajstić information content (AvgIpc) is 2.28. The van der Waals surface area contributed by atoms with Gasteiger partial charge in [0.15, 0.2) is 0 Å². The van der Waals surface area contributed by atoms with Crippen molar-refractivity contribution >= 4 is 11.7 Å². The standard InChI is InChI=1S/C12H16FN3O/c1-2-12(14)7-16(8-12)11(17)15-10-6-4-3-5-9(10)13/h3-6H,2,7-8,14H2,1H3,(H,15,17). The lowest BCUT2D eigenvalue weighted by molar-refractivity contribution is 0.102. The molecule has 0 radical (unpaired) electrons. The molecule has 1 heterocycles. The second kappa shape index (κ2) is 4.33. The quantitative estimate of drug-likeness (QED) is 0.823. The lowest BCUT2D eigenvalue weighted by Crippen LogP contribution is -2.68. The number of anilines is 1. The van der Waals surface area contributed by atoms with Crippen LogP contribution in [0.4, 0.5) is 14.9 Å². The molecular formula is C12H16FN3O. The van der Waals surface area contributed by atoms with E-state index in [-0.39, 0.29) is 17.3 Å². The summed E-state index contributed by atoms with van der Waals surface area (Å²) in [6, 6.07) is 5.79. The number of urea groups is 1. The summed E-state index contributed by atoms with van der Waals surface area (Å²) in [4.78, 5) is 13.3. The molecule has 1 aliphatic heterocycles. The van der Waals surface area contributed by atoms with Crippen molar-refractivity contribution < 1.29 is 9.18 Å². The summed E-state index contributed by atoms with van der Waals surface area (Å²) in [6.07, 6.45) is 0.830. The average molecular weight is 237 g/mol. The van der Waals surface area contributed by atoms with Crippen molar-refractivity contribution in [2.75, 3.05) is 18.4 Å². The Labute approximate surface area is 99.6 Å². The van der Waals surface area contributed by atoms with Gasteiger partial charge in [-0.25, -0.2) is 9.18 Å². The minimum absolute atomic E-state index is 0.198.